The average Bonchev–Trinajstić information content (AvgIpc) is 2.92. The van der Waals surface area contributed by atoms with Gasteiger partial charge in [0.2, 0.25) is 5.91 Å². The Kier molecular flexibility index (Phi) is 3.60. The van der Waals surface area contributed by atoms with Crippen molar-refractivity contribution in [2.24, 2.45) is 0 Å². The standard InChI is InChI=1S/C19H27N3O/c1-4-20-9-10-21(14(3)23)18-13(2)12-22-16-8-6-5-7-15(16)11-17(22)19(18)20/h6,8,12,17-19H,4-5,7,9-11H2,1-3H3/t17-,18?,19-/m0/s1. The number of nitrogens with zero attached hydrogens (tertiary/aromatic N) is 3. The van der Waals surface area contributed by atoms with Gasteiger partial charge in [-0.1, -0.05) is 13.0 Å². The highest BCUT2D eigenvalue weighted by molar-refractivity contribution is 5.74. The van der Waals surface area contributed by atoms with Crippen molar-refractivity contribution < 1.29 is 4.79 Å². The lowest BCUT2D eigenvalue weighted by atomic mass is 9.84. The monoisotopic (exact) mass is 313 g/mol. The molecule has 4 nitrogen and oxygen atoms in total. The molecule has 1 unspecified atom stereocenters. The molecule has 1 saturated heterocycles. The molecule has 0 bridgehead atoms. The Morgan fingerprint density at radius 2 is 2.17 bits per heavy atom. The Labute approximate surface area is 139 Å². The molecule has 3 atom stereocenters. The number of hydrogen-bond donors (Lipinski definition) is 0. The first-order valence-electron chi connectivity index (χ1n) is 8.98. The SMILES string of the molecule is CCN1CCN(C(C)=O)C2C(C)=CN3C4=C(CCC=C4)C[C@H]3[C@@H]21. The maximum absolute atomic E-state index is 12.2. The first-order chi connectivity index (χ1) is 11.1. The van der Waals surface area contributed by atoms with E-state index in [9.17, 15) is 4.79 Å². The van der Waals surface area contributed by atoms with Crippen molar-refractivity contribution in [3.8, 4) is 0 Å². The fraction of sp³-hybridized carbons (Fsp3) is 0.632. The van der Waals surface area contributed by atoms with Crippen LogP contribution in [0.5, 0.6) is 0 Å². The predicted octanol–water partition coefficient (Wildman–Crippen LogP) is 2.50. The summed E-state index contributed by atoms with van der Waals surface area (Å²) in [6.45, 7) is 9.09. The number of carbonyl (C=O) groups is 1. The van der Waals surface area contributed by atoms with E-state index in [1.165, 1.54) is 24.1 Å². The number of fused-ring (bicyclic) bond motifs is 4. The smallest absolute Gasteiger partial charge is 0.220 e. The summed E-state index contributed by atoms with van der Waals surface area (Å²) in [7, 11) is 0. The highest BCUT2D eigenvalue weighted by atomic mass is 16.2. The van der Waals surface area contributed by atoms with Crippen molar-refractivity contribution in [2.45, 2.75) is 58.2 Å². The minimum absolute atomic E-state index is 0.215. The van der Waals surface area contributed by atoms with Gasteiger partial charge in [-0.3, -0.25) is 9.69 Å². The first-order valence-corrected chi connectivity index (χ1v) is 8.98. The Morgan fingerprint density at radius 3 is 2.91 bits per heavy atom. The lowest BCUT2D eigenvalue weighted by Gasteiger charge is -2.54. The van der Waals surface area contributed by atoms with Crippen molar-refractivity contribution >= 4 is 5.91 Å². The molecule has 0 saturated carbocycles. The summed E-state index contributed by atoms with van der Waals surface area (Å²) in [5, 5.41) is 0. The molecule has 1 fully saturated rings. The zero-order valence-electron chi connectivity index (χ0n) is 14.5. The molecule has 3 heterocycles. The number of carbonyl (C=O) groups excluding carboxylic acids is 1. The third-order valence-electron chi connectivity index (χ3n) is 6.06. The van der Waals surface area contributed by atoms with E-state index in [0.717, 1.165) is 26.1 Å². The van der Waals surface area contributed by atoms with Crippen molar-refractivity contribution in [1.29, 1.82) is 0 Å². The number of allylic oxidation sites excluding steroid dienone is 2. The fourth-order valence-corrected chi connectivity index (χ4v) is 5.05. The van der Waals surface area contributed by atoms with E-state index >= 15 is 0 Å². The summed E-state index contributed by atoms with van der Waals surface area (Å²) in [5.41, 5.74) is 4.36. The van der Waals surface area contributed by atoms with E-state index in [4.69, 9.17) is 0 Å². The topological polar surface area (TPSA) is 26.8 Å². The average molecular weight is 313 g/mol. The molecule has 0 aromatic carbocycles. The molecule has 4 aliphatic rings. The molecular weight excluding hydrogens is 286 g/mol. The number of rotatable bonds is 1. The van der Waals surface area contributed by atoms with Gasteiger partial charge in [0.15, 0.2) is 0 Å². The van der Waals surface area contributed by atoms with Crippen LogP contribution >= 0.6 is 0 Å². The van der Waals surface area contributed by atoms with E-state index in [1.54, 1.807) is 12.5 Å². The minimum atomic E-state index is 0.215. The van der Waals surface area contributed by atoms with Crippen LogP contribution in [0.2, 0.25) is 0 Å². The van der Waals surface area contributed by atoms with Gasteiger partial charge in [-0.05, 0) is 50.0 Å². The third-order valence-corrected chi connectivity index (χ3v) is 6.06. The van der Waals surface area contributed by atoms with Gasteiger partial charge in [-0.2, -0.15) is 0 Å². The largest absolute Gasteiger partial charge is 0.343 e. The van der Waals surface area contributed by atoms with Crippen LogP contribution in [0.1, 0.15) is 40.0 Å². The molecule has 0 aromatic heterocycles. The molecule has 0 aromatic rings. The van der Waals surface area contributed by atoms with Gasteiger partial charge in [0.1, 0.15) is 0 Å². The molecule has 4 heteroatoms. The molecule has 0 N–H and O–H groups in total. The zero-order chi connectivity index (χ0) is 16.1. The summed E-state index contributed by atoms with van der Waals surface area (Å²) in [6, 6.07) is 1.15. The quantitative estimate of drug-likeness (QED) is 0.744. The second kappa shape index (κ2) is 5.52. The molecular formula is C19H27N3O. The number of amides is 1. The maximum Gasteiger partial charge on any atom is 0.220 e. The third kappa shape index (κ3) is 2.18. The molecule has 1 amide bonds. The zero-order valence-corrected chi connectivity index (χ0v) is 14.5. The maximum atomic E-state index is 12.2. The van der Waals surface area contributed by atoms with Crippen LogP contribution in [-0.4, -0.2) is 58.4 Å². The van der Waals surface area contributed by atoms with Gasteiger partial charge >= 0.3 is 0 Å². The van der Waals surface area contributed by atoms with Crippen LogP contribution in [0.25, 0.3) is 0 Å². The molecule has 3 aliphatic heterocycles. The van der Waals surface area contributed by atoms with E-state index in [0.29, 0.717) is 12.1 Å². The summed E-state index contributed by atoms with van der Waals surface area (Å²) in [5.74, 6) is 0.215. The summed E-state index contributed by atoms with van der Waals surface area (Å²) < 4.78 is 0. The normalized spacial score (nSPS) is 33.3. The first kappa shape index (κ1) is 15.0. The van der Waals surface area contributed by atoms with Gasteiger partial charge < -0.3 is 9.80 Å². The highest BCUT2D eigenvalue weighted by Crippen LogP contribution is 2.43. The van der Waals surface area contributed by atoms with Gasteiger partial charge in [0.25, 0.3) is 0 Å². The van der Waals surface area contributed by atoms with Crippen LogP contribution in [0.15, 0.2) is 35.2 Å². The van der Waals surface area contributed by atoms with E-state index in [-0.39, 0.29) is 11.9 Å². The second-order valence-corrected chi connectivity index (χ2v) is 7.26. The molecule has 4 rings (SSSR count). The van der Waals surface area contributed by atoms with E-state index in [1.807, 2.05) is 0 Å². The minimum Gasteiger partial charge on any atom is -0.343 e. The van der Waals surface area contributed by atoms with Crippen LogP contribution < -0.4 is 0 Å². The lowest BCUT2D eigenvalue weighted by Crippen LogP contribution is -2.67. The van der Waals surface area contributed by atoms with Gasteiger partial charge in [0, 0.05) is 31.9 Å². The Hall–Kier alpha value is -1.55. The molecule has 23 heavy (non-hydrogen) atoms. The van der Waals surface area contributed by atoms with Crippen LogP contribution in [-0.2, 0) is 4.79 Å². The van der Waals surface area contributed by atoms with Crippen molar-refractivity contribution in [1.82, 2.24) is 14.7 Å². The second-order valence-electron chi connectivity index (χ2n) is 7.26. The number of hydrogen-bond acceptors (Lipinski definition) is 3. The van der Waals surface area contributed by atoms with Crippen molar-refractivity contribution in [2.75, 3.05) is 19.6 Å². The predicted molar refractivity (Wildman–Crippen MR) is 91.6 cm³/mol. The van der Waals surface area contributed by atoms with Gasteiger partial charge in [-0.25, -0.2) is 0 Å². The molecule has 0 spiro atoms. The Balaban J connectivity index is 1.75. The summed E-state index contributed by atoms with van der Waals surface area (Å²) >= 11 is 0. The number of likely N-dealkylation sites (N-methyl/N-ethyl adjacent to an activating group) is 1. The van der Waals surface area contributed by atoms with Crippen molar-refractivity contribution in [3.63, 3.8) is 0 Å². The molecule has 124 valence electrons. The Morgan fingerprint density at radius 1 is 1.35 bits per heavy atom. The lowest BCUT2D eigenvalue weighted by molar-refractivity contribution is -0.136. The van der Waals surface area contributed by atoms with E-state index in [2.05, 4.69) is 46.9 Å². The highest BCUT2D eigenvalue weighted by Gasteiger charge is 2.49. The van der Waals surface area contributed by atoms with E-state index < -0.39 is 0 Å². The van der Waals surface area contributed by atoms with Crippen LogP contribution in [0, 0.1) is 0 Å². The molecule has 0 radical (unpaired) electrons. The van der Waals surface area contributed by atoms with Crippen molar-refractivity contribution in [3.05, 3.63) is 35.2 Å². The Bertz CT molecular complexity index is 618. The fourth-order valence-electron chi connectivity index (χ4n) is 5.05. The van der Waals surface area contributed by atoms with Crippen LogP contribution in [0.3, 0.4) is 0 Å². The van der Waals surface area contributed by atoms with Gasteiger partial charge in [-0.15, -0.1) is 0 Å². The van der Waals surface area contributed by atoms with Crippen LogP contribution in [0.4, 0.5) is 0 Å². The van der Waals surface area contributed by atoms with Gasteiger partial charge in [0.05, 0.1) is 18.1 Å². The molecule has 1 aliphatic carbocycles. The summed E-state index contributed by atoms with van der Waals surface area (Å²) in [6.07, 6.45) is 10.5. The summed E-state index contributed by atoms with van der Waals surface area (Å²) in [4.78, 5) is 19.4. The number of piperazine rings is 1.